The van der Waals surface area contributed by atoms with Crippen LogP contribution in [-0.4, -0.2) is 41.9 Å². The summed E-state index contributed by atoms with van der Waals surface area (Å²) in [6.07, 6.45) is 2.16. The van der Waals surface area contributed by atoms with Crippen molar-refractivity contribution in [2.75, 3.05) is 14.1 Å². The Balaban J connectivity index is 2.83. The molecule has 1 rings (SSSR count). The van der Waals surface area contributed by atoms with Crippen LogP contribution in [0.4, 0.5) is 4.79 Å². The van der Waals surface area contributed by atoms with Gasteiger partial charge in [0.1, 0.15) is 6.04 Å². The number of carbonyl (C=O) groups is 2. The lowest BCUT2D eigenvalue weighted by Crippen LogP contribution is -2.30. The second-order valence-electron chi connectivity index (χ2n) is 2.83. The van der Waals surface area contributed by atoms with Crippen LogP contribution < -0.4 is 0 Å². The molecule has 0 spiro atoms. The first-order valence-corrected chi connectivity index (χ1v) is 3.75. The number of hydrogen-bond donors (Lipinski definition) is 0. The maximum absolute atomic E-state index is 11.3. The largest absolute Gasteiger partial charge is 0.326 e. The van der Waals surface area contributed by atoms with Crippen molar-refractivity contribution in [1.29, 1.82) is 0 Å². The molecule has 1 aliphatic heterocycles. The minimum Gasteiger partial charge on any atom is -0.315 e. The Kier molecular flexibility index (Phi) is 2.17. The van der Waals surface area contributed by atoms with Crippen LogP contribution in [0.25, 0.3) is 0 Å². The third-order valence-corrected chi connectivity index (χ3v) is 2.06. The lowest BCUT2D eigenvalue weighted by molar-refractivity contribution is -0.127. The van der Waals surface area contributed by atoms with E-state index >= 15 is 0 Å². The van der Waals surface area contributed by atoms with E-state index in [0.29, 0.717) is 6.42 Å². The van der Waals surface area contributed by atoms with Gasteiger partial charge in [-0.3, -0.25) is 9.69 Å². The molecule has 0 saturated carbocycles. The SMILES string of the molecule is C=CCC1C(=O)N(C)C(=O)N1C. The average Bonchev–Trinajstić information content (AvgIpc) is 2.23. The van der Waals surface area contributed by atoms with Gasteiger partial charge in [-0.2, -0.15) is 0 Å². The average molecular weight is 168 g/mol. The third-order valence-electron chi connectivity index (χ3n) is 2.06. The summed E-state index contributed by atoms with van der Waals surface area (Å²) in [5.41, 5.74) is 0. The molecule has 66 valence electrons. The number of rotatable bonds is 2. The molecule has 4 heteroatoms. The van der Waals surface area contributed by atoms with Crippen molar-refractivity contribution >= 4 is 11.9 Å². The molecule has 0 aromatic heterocycles. The van der Waals surface area contributed by atoms with Crippen LogP contribution in [0.2, 0.25) is 0 Å². The van der Waals surface area contributed by atoms with Crippen molar-refractivity contribution in [3.05, 3.63) is 12.7 Å². The summed E-state index contributed by atoms with van der Waals surface area (Å²) in [6, 6.07) is -0.591. The zero-order valence-electron chi connectivity index (χ0n) is 7.28. The van der Waals surface area contributed by atoms with E-state index < -0.39 is 0 Å². The second-order valence-corrected chi connectivity index (χ2v) is 2.83. The van der Waals surface area contributed by atoms with E-state index in [0.717, 1.165) is 4.90 Å². The number of likely N-dealkylation sites (N-methyl/N-ethyl adjacent to an activating group) is 2. The summed E-state index contributed by atoms with van der Waals surface area (Å²) in [5, 5.41) is 0. The van der Waals surface area contributed by atoms with Gasteiger partial charge in [0, 0.05) is 14.1 Å². The maximum atomic E-state index is 11.3. The predicted molar refractivity (Wildman–Crippen MR) is 44.5 cm³/mol. The Morgan fingerprint density at radius 3 is 2.42 bits per heavy atom. The van der Waals surface area contributed by atoms with Gasteiger partial charge in [-0.1, -0.05) is 6.08 Å². The number of urea groups is 1. The molecule has 1 atom stereocenters. The van der Waals surface area contributed by atoms with Crippen molar-refractivity contribution in [2.24, 2.45) is 0 Å². The van der Waals surface area contributed by atoms with Crippen molar-refractivity contribution in [1.82, 2.24) is 9.80 Å². The molecule has 0 bridgehead atoms. The number of imide groups is 1. The van der Waals surface area contributed by atoms with Gasteiger partial charge in [0.25, 0.3) is 5.91 Å². The van der Waals surface area contributed by atoms with E-state index in [1.165, 1.54) is 11.9 Å². The lowest BCUT2D eigenvalue weighted by Gasteiger charge is -2.13. The van der Waals surface area contributed by atoms with E-state index in [1.807, 2.05) is 0 Å². The molecule has 1 fully saturated rings. The minimum atomic E-state index is -0.347. The van der Waals surface area contributed by atoms with Crippen molar-refractivity contribution in [3.8, 4) is 0 Å². The maximum Gasteiger partial charge on any atom is 0.326 e. The molecule has 1 heterocycles. The van der Waals surface area contributed by atoms with Crippen molar-refractivity contribution in [2.45, 2.75) is 12.5 Å². The Morgan fingerprint density at radius 1 is 1.50 bits per heavy atom. The molecule has 0 N–H and O–H groups in total. The molecule has 1 aliphatic rings. The Labute approximate surface area is 71.4 Å². The van der Waals surface area contributed by atoms with Crippen LogP contribution >= 0.6 is 0 Å². The Morgan fingerprint density at radius 2 is 2.08 bits per heavy atom. The van der Waals surface area contributed by atoms with E-state index in [4.69, 9.17) is 0 Å². The van der Waals surface area contributed by atoms with Gasteiger partial charge in [0.2, 0.25) is 0 Å². The Bertz CT molecular complexity index is 237. The minimum absolute atomic E-state index is 0.151. The van der Waals surface area contributed by atoms with E-state index in [-0.39, 0.29) is 18.0 Å². The Hall–Kier alpha value is -1.32. The summed E-state index contributed by atoms with van der Waals surface area (Å²) in [6.45, 7) is 3.53. The zero-order valence-corrected chi connectivity index (χ0v) is 7.28. The molecule has 0 radical (unpaired) electrons. The lowest BCUT2D eigenvalue weighted by atomic mass is 10.2. The molecular weight excluding hydrogens is 156 g/mol. The number of carbonyl (C=O) groups excluding carboxylic acids is 2. The third kappa shape index (κ3) is 1.09. The fourth-order valence-electron chi connectivity index (χ4n) is 1.27. The summed E-state index contributed by atoms with van der Waals surface area (Å²) < 4.78 is 0. The smallest absolute Gasteiger partial charge is 0.315 e. The number of nitrogens with zero attached hydrogens (tertiary/aromatic N) is 2. The normalized spacial score (nSPS) is 23.7. The highest BCUT2D eigenvalue weighted by molar-refractivity contribution is 6.03. The van der Waals surface area contributed by atoms with Crippen LogP contribution in [0, 0.1) is 0 Å². The molecule has 0 aliphatic carbocycles. The topological polar surface area (TPSA) is 40.6 Å². The van der Waals surface area contributed by atoms with Crippen molar-refractivity contribution in [3.63, 3.8) is 0 Å². The number of amides is 3. The fraction of sp³-hybridized carbons (Fsp3) is 0.500. The standard InChI is InChI=1S/C8H12N2O2/c1-4-5-6-7(11)10(3)8(12)9(6)2/h4,6H,1,5H2,2-3H3. The van der Waals surface area contributed by atoms with E-state index in [2.05, 4.69) is 6.58 Å². The van der Waals surface area contributed by atoms with E-state index in [1.54, 1.807) is 13.1 Å². The molecule has 12 heavy (non-hydrogen) atoms. The fourth-order valence-corrected chi connectivity index (χ4v) is 1.27. The van der Waals surface area contributed by atoms with Gasteiger partial charge in [0.15, 0.2) is 0 Å². The van der Waals surface area contributed by atoms with Crippen molar-refractivity contribution < 1.29 is 9.59 Å². The van der Waals surface area contributed by atoms with Crippen LogP contribution in [-0.2, 0) is 4.79 Å². The molecule has 3 amide bonds. The molecular formula is C8H12N2O2. The highest BCUT2D eigenvalue weighted by Gasteiger charge is 2.39. The molecule has 0 aromatic carbocycles. The quantitative estimate of drug-likeness (QED) is 0.444. The monoisotopic (exact) mass is 168 g/mol. The zero-order chi connectivity index (χ0) is 9.30. The number of hydrogen-bond acceptors (Lipinski definition) is 2. The highest BCUT2D eigenvalue weighted by atomic mass is 16.2. The first kappa shape index (κ1) is 8.77. The first-order valence-electron chi connectivity index (χ1n) is 3.75. The molecule has 4 nitrogen and oxygen atoms in total. The summed E-state index contributed by atoms with van der Waals surface area (Å²) in [4.78, 5) is 25.1. The van der Waals surface area contributed by atoms with Crippen LogP contribution in [0.1, 0.15) is 6.42 Å². The van der Waals surface area contributed by atoms with Gasteiger partial charge >= 0.3 is 6.03 Å². The van der Waals surface area contributed by atoms with Gasteiger partial charge in [0.05, 0.1) is 0 Å². The van der Waals surface area contributed by atoms with Gasteiger partial charge in [-0.25, -0.2) is 4.79 Å². The summed E-state index contributed by atoms with van der Waals surface area (Å²) in [7, 11) is 3.11. The van der Waals surface area contributed by atoms with Crippen LogP contribution in [0.5, 0.6) is 0 Å². The highest BCUT2D eigenvalue weighted by Crippen LogP contribution is 2.16. The van der Waals surface area contributed by atoms with Crippen LogP contribution in [0.3, 0.4) is 0 Å². The second kappa shape index (κ2) is 2.97. The first-order chi connectivity index (χ1) is 5.59. The molecule has 0 aromatic rings. The summed E-state index contributed by atoms with van der Waals surface area (Å²) >= 11 is 0. The van der Waals surface area contributed by atoms with E-state index in [9.17, 15) is 9.59 Å². The molecule has 1 unspecified atom stereocenters. The summed E-state index contributed by atoms with van der Waals surface area (Å²) in [5.74, 6) is -0.151. The van der Waals surface area contributed by atoms with Crippen LogP contribution in [0.15, 0.2) is 12.7 Å². The van der Waals surface area contributed by atoms with Gasteiger partial charge in [-0.05, 0) is 6.42 Å². The van der Waals surface area contributed by atoms with Gasteiger partial charge < -0.3 is 4.90 Å². The molecule has 1 saturated heterocycles. The predicted octanol–water partition coefficient (Wildman–Crippen LogP) is 0.455. The van der Waals surface area contributed by atoms with Gasteiger partial charge in [-0.15, -0.1) is 6.58 Å².